The Labute approximate surface area is 193 Å². The third-order valence-electron chi connectivity index (χ3n) is 6.49. The number of hydrogen-bond acceptors (Lipinski definition) is 6. The van der Waals surface area contributed by atoms with Gasteiger partial charge in [-0.05, 0) is 47.2 Å². The highest BCUT2D eigenvalue weighted by Gasteiger charge is 2.21. The van der Waals surface area contributed by atoms with Crippen LogP contribution in [-0.2, 0) is 13.0 Å². The standard InChI is InChI=1S/C25H30N8/c1-2-3-9-23-27-24(20-7-5-4-6-8-20)30-33(23)17-18-10-12-19(13-11-18)21-14-15-26-16-22(21)25-28-31-32-29-25/h10-16,20H,2-9,17H2,1H3,(H,28,29,31,32). The number of aromatic amines is 1. The van der Waals surface area contributed by atoms with Crippen molar-refractivity contribution in [2.24, 2.45) is 0 Å². The summed E-state index contributed by atoms with van der Waals surface area (Å²) in [7, 11) is 0. The predicted molar refractivity (Wildman–Crippen MR) is 126 cm³/mol. The van der Waals surface area contributed by atoms with Crippen LogP contribution < -0.4 is 0 Å². The Morgan fingerprint density at radius 2 is 1.88 bits per heavy atom. The van der Waals surface area contributed by atoms with Crippen LogP contribution in [0.25, 0.3) is 22.5 Å². The van der Waals surface area contributed by atoms with Crippen LogP contribution in [0.3, 0.4) is 0 Å². The number of benzene rings is 1. The maximum Gasteiger partial charge on any atom is 0.206 e. The first kappa shape index (κ1) is 21.4. The van der Waals surface area contributed by atoms with Gasteiger partial charge in [0.1, 0.15) is 5.82 Å². The number of unbranched alkanes of at least 4 members (excludes halogenated alkanes) is 1. The van der Waals surface area contributed by atoms with Gasteiger partial charge in [0.15, 0.2) is 5.82 Å². The average Bonchev–Trinajstić information content (AvgIpc) is 3.54. The van der Waals surface area contributed by atoms with Crippen molar-refractivity contribution < 1.29 is 0 Å². The monoisotopic (exact) mass is 442 g/mol. The van der Waals surface area contributed by atoms with Crippen LogP contribution in [0, 0.1) is 0 Å². The van der Waals surface area contributed by atoms with Crippen molar-refractivity contribution in [1.82, 2.24) is 40.4 Å². The van der Waals surface area contributed by atoms with Gasteiger partial charge < -0.3 is 0 Å². The number of aromatic nitrogens is 8. The Morgan fingerprint density at radius 3 is 2.64 bits per heavy atom. The summed E-state index contributed by atoms with van der Waals surface area (Å²) >= 11 is 0. The fraction of sp³-hybridized carbons (Fsp3) is 0.440. The van der Waals surface area contributed by atoms with E-state index in [0.29, 0.717) is 11.7 Å². The number of nitrogens with zero attached hydrogens (tertiary/aromatic N) is 7. The number of rotatable bonds is 8. The lowest BCUT2D eigenvalue weighted by atomic mass is 9.89. The van der Waals surface area contributed by atoms with Crippen LogP contribution in [0.2, 0.25) is 0 Å². The lowest BCUT2D eigenvalue weighted by Crippen LogP contribution is -2.09. The van der Waals surface area contributed by atoms with Crippen molar-refractivity contribution in [1.29, 1.82) is 0 Å². The summed E-state index contributed by atoms with van der Waals surface area (Å²) < 4.78 is 2.13. The molecule has 1 fully saturated rings. The fourth-order valence-corrected chi connectivity index (χ4v) is 4.64. The molecule has 8 nitrogen and oxygen atoms in total. The SMILES string of the molecule is CCCCc1nc(C2CCCCC2)nn1Cc1ccc(-c2ccncc2-c2nn[nH]n2)cc1. The number of pyridine rings is 1. The summed E-state index contributed by atoms with van der Waals surface area (Å²) in [6.07, 6.45) is 13.2. The third-order valence-corrected chi connectivity index (χ3v) is 6.49. The zero-order valence-corrected chi connectivity index (χ0v) is 19.1. The van der Waals surface area contributed by atoms with Crippen molar-refractivity contribution in [2.45, 2.75) is 70.8 Å². The van der Waals surface area contributed by atoms with Gasteiger partial charge in [-0.15, -0.1) is 10.2 Å². The molecule has 0 spiro atoms. The molecule has 0 aliphatic heterocycles. The van der Waals surface area contributed by atoms with Crippen molar-refractivity contribution >= 4 is 0 Å². The first-order chi connectivity index (χ1) is 16.3. The van der Waals surface area contributed by atoms with Crippen molar-refractivity contribution in [3.8, 4) is 22.5 Å². The Morgan fingerprint density at radius 1 is 1.03 bits per heavy atom. The fourth-order valence-electron chi connectivity index (χ4n) is 4.64. The van der Waals surface area contributed by atoms with Crippen molar-refractivity contribution in [2.75, 3.05) is 0 Å². The molecule has 1 saturated carbocycles. The van der Waals surface area contributed by atoms with E-state index < -0.39 is 0 Å². The zero-order chi connectivity index (χ0) is 22.5. The Bertz CT molecular complexity index is 1160. The average molecular weight is 443 g/mol. The summed E-state index contributed by atoms with van der Waals surface area (Å²) in [6.45, 7) is 2.97. The summed E-state index contributed by atoms with van der Waals surface area (Å²) in [6, 6.07) is 10.6. The van der Waals surface area contributed by atoms with Crippen LogP contribution in [0.15, 0.2) is 42.7 Å². The molecular weight excluding hydrogens is 412 g/mol. The molecule has 0 amide bonds. The molecule has 5 rings (SSSR count). The lowest BCUT2D eigenvalue weighted by Gasteiger charge is -2.18. The molecule has 0 atom stereocenters. The molecule has 1 N–H and O–H groups in total. The molecule has 1 aliphatic carbocycles. The highest BCUT2D eigenvalue weighted by atomic mass is 15.5. The van der Waals surface area contributed by atoms with Gasteiger partial charge in [-0.2, -0.15) is 10.3 Å². The van der Waals surface area contributed by atoms with Gasteiger partial charge in [0.05, 0.1) is 6.54 Å². The number of aryl methyl sites for hydroxylation is 1. The largest absolute Gasteiger partial charge is 0.264 e. The highest BCUT2D eigenvalue weighted by molar-refractivity contribution is 5.79. The number of nitrogens with one attached hydrogen (secondary N) is 1. The first-order valence-electron chi connectivity index (χ1n) is 12.0. The van der Waals surface area contributed by atoms with Gasteiger partial charge in [0.25, 0.3) is 0 Å². The predicted octanol–water partition coefficient (Wildman–Crippen LogP) is 4.96. The normalized spacial score (nSPS) is 14.6. The highest BCUT2D eigenvalue weighted by Crippen LogP contribution is 2.32. The maximum absolute atomic E-state index is 4.99. The van der Waals surface area contributed by atoms with E-state index in [-0.39, 0.29) is 0 Å². The summed E-state index contributed by atoms with van der Waals surface area (Å²) in [5.74, 6) is 3.24. The molecule has 0 unspecified atom stereocenters. The number of tetrazole rings is 1. The van der Waals surface area contributed by atoms with Crippen molar-refractivity contribution in [3.63, 3.8) is 0 Å². The quantitative estimate of drug-likeness (QED) is 0.414. The molecule has 0 bridgehead atoms. The van der Waals surface area contributed by atoms with Gasteiger partial charge in [-0.1, -0.05) is 56.9 Å². The summed E-state index contributed by atoms with van der Waals surface area (Å²) in [4.78, 5) is 9.23. The zero-order valence-electron chi connectivity index (χ0n) is 19.1. The molecule has 0 radical (unpaired) electrons. The van der Waals surface area contributed by atoms with Crippen molar-refractivity contribution in [3.05, 3.63) is 59.9 Å². The lowest BCUT2D eigenvalue weighted by molar-refractivity contribution is 0.426. The second kappa shape index (κ2) is 10.0. The Hall–Kier alpha value is -3.42. The minimum absolute atomic E-state index is 0.526. The van der Waals surface area contributed by atoms with E-state index in [2.05, 4.69) is 61.5 Å². The van der Waals surface area contributed by atoms with E-state index in [1.165, 1.54) is 37.7 Å². The molecule has 0 saturated heterocycles. The van der Waals surface area contributed by atoms with E-state index in [9.17, 15) is 0 Å². The molecule has 3 aromatic heterocycles. The van der Waals surface area contributed by atoms with E-state index >= 15 is 0 Å². The molecule has 3 heterocycles. The van der Waals surface area contributed by atoms with Gasteiger partial charge in [-0.3, -0.25) is 4.98 Å². The van der Waals surface area contributed by atoms with Crippen LogP contribution in [0.5, 0.6) is 0 Å². The minimum Gasteiger partial charge on any atom is -0.264 e. The third kappa shape index (κ3) is 4.84. The van der Waals surface area contributed by atoms with Gasteiger partial charge >= 0.3 is 0 Å². The Balaban J connectivity index is 1.38. The van der Waals surface area contributed by atoms with Gasteiger partial charge in [-0.25, -0.2) is 9.67 Å². The minimum atomic E-state index is 0.526. The molecule has 8 heteroatoms. The molecular formula is C25H30N8. The Kier molecular flexibility index (Phi) is 6.51. The molecule has 1 aromatic carbocycles. The molecule has 1 aliphatic rings. The van der Waals surface area contributed by atoms with E-state index in [1.807, 2.05) is 6.07 Å². The number of hydrogen-bond donors (Lipinski definition) is 1. The molecule has 4 aromatic rings. The van der Waals surface area contributed by atoms with Crippen LogP contribution >= 0.6 is 0 Å². The van der Waals surface area contributed by atoms with Gasteiger partial charge in [0, 0.05) is 30.3 Å². The number of H-pyrrole nitrogens is 1. The summed E-state index contributed by atoms with van der Waals surface area (Å²) in [5.41, 5.74) is 4.19. The second-order valence-electron chi connectivity index (χ2n) is 8.84. The van der Waals surface area contributed by atoms with Crippen LogP contribution in [-0.4, -0.2) is 40.4 Å². The molecule has 33 heavy (non-hydrogen) atoms. The topological polar surface area (TPSA) is 98.1 Å². The summed E-state index contributed by atoms with van der Waals surface area (Å²) in [5, 5.41) is 19.4. The molecule has 170 valence electrons. The van der Waals surface area contributed by atoms with E-state index in [4.69, 9.17) is 10.1 Å². The van der Waals surface area contributed by atoms with Gasteiger partial charge in [0.2, 0.25) is 5.82 Å². The van der Waals surface area contributed by atoms with E-state index in [1.54, 1.807) is 12.4 Å². The maximum atomic E-state index is 4.99. The van der Waals surface area contributed by atoms with E-state index in [0.717, 1.165) is 54.1 Å². The van der Waals surface area contributed by atoms with Crippen LogP contribution in [0.1, 0.15) is 75.0 Å². The smallest absolute Gasteiger partial charge is 0.206 e. The first-order valence-corrected chi connectivity index (χ1v) is 12.0. The second-order valence-corrected chi connectivity index (χ2v) is 8.84. The van der Waals surface area contributed by atoms with Crippen LogP contribution in [0.4, 0.5) is 0 Å².